The summed E-state index contributed by atoms with van der Waals surface area (Å²) in [5.41, 5.74) is 1.08. The van der Waals surface area contributed by atoms with Crippen LogP contribution in [0, 0.1) is 23.1 Å². The quantitative estimate of drug-likeness (QED) is 0.755. The Kier molecular flexibility index (Phi) is 6.20. The van der Waals surface area contributed by atoms with Gasteiger partial charge in [0, 0.05) is 50.5 Å². The zero-order valence-electron chi connectivity index (χ0n) is 16.0. The molecule has 7 nitrogen and oxygen atoms in total. The summed E-state index contributed by atoms with van der Waals surface area (Å²) in [5.74, 6) is -0.219. The largest absolute Gasteiger partial charge is 0.368 e. The highest BCUT2D eigenvalue weighted by atomic mass is 32.2. The number of nitriles is 1. The van der Waals surface area contributed by atoms with Gasteiger partial charge >= 0.3 is 0 Å². The van der Waals surface area contributed by atoms with Crippen LogP contribution in [0.4, 0.5) is 10.1 Å². The van der Waals surface area contributed by atoms with Crippen LogP contribution in [0.3, 0.4) is 0 Å². The van der Waals surface area contributed by atoms with E-state index in [1.54, 1.807) is 17.0 Å². The van der Waals surface area contributed by atoms with Crippen LogP contribution < -0.4 is 4.90 Å². The van der Waals surface area contributed by atoms with E-state index in [1.807, 2.05) is 17.9 Å². The maximum absolute atomic E-state index is 14.7. The molecule has 1 aromatic rings. The highest BCUT2D eigenvalue weighted by Gasteiger charge is 2.30. The Bertz CT molecular complexity index is 876. The lowest BCUT2D eigenvalue weighted by Gasteiger charge is -2.36. The molecule has 1 amide bonds. The normalized spacial score (nSPS) is 22.7. The van der Waals surface area contributed by atoms with Gasteiger partial charge in [0.05, 0.1) is 11.8 Å². The molecule has 2 aliphatic rings. The molecule has 3 rings (SSSR count). The molecule has 0 aliphatic carbocycles. The van der Waals surface area contributed by atoms with Crippen molar-refractivity contribution in [3.8, 4) is 6.07 Å². The van der Waals surface area contributed by atoms with Gasteiger partial charge in [0.1, 0.15) is 12.2 Å². The number of hydrogen-bond donors (Lipinski definition) is 0. The summed E-state index contributed by atoms with van der Waals surface area (Å²) in [6, 6.07) is 6.74. The monoisotopic (exact) mass is 408 g/mol. The van der Waals surface area contributed by atoms with Gasteiger partial charge in [0.25, 0.3) is 0 Å². The first-order valence-electron chi connectivity index (χ1n) is 9.46. The summed E-state index contributed by atoms with van der Waals surface area (Å²) in [7, 11) is -3.33. The summed E-state index contributed by atoms with van der Waals surface area (Å²) < 4.78 is 40.5. The van der Waals surface area contributed by atoms with Gasteiger partial charge in [-0.05, 0) is 24.5 Å². The molecule has 0 spiro atoms. The van der Waals surface area contributed by atoms with Crippen molar-refractivity contribution < 1.29 is 17.6 Å². The second-order valence-electron chi connectivity index (χ2n) is 7.48. The smallest absolute Gasteiger partial charge is 0.236 e. The Labute approximate surface area is 165 Å². The van der Waals surface area contributed by atoms with Crippen molar-refractivity contribution in [1.29, 1.82) is 5.26 Å². The summed E-state index contributed by atoms with van der Waals surface area (Å²) >= 11 is 0. The molecule has 2 saturated heterocycles. The topological polar surface area (TPSA) is 84.7 Å². The van der Waals surface area contributed by atoms with Gasteiger partial charge in [-0.1, -0.05) is 13.0 Å². The molecule has 1 aromatic carbocycles. The molecule has 152 valence electrons. The van der Waals surface area contributed by atoms with E-state index in [2.05, 4.69) is 0 Å². The van der Waals surface area contributed by atoms with Crippen LogP contribution >= 0.6 is 0 Å². The van der Waals surface area contributed by atoms with Crippen LogP contribution in [0.15, 0.2) is 18.2 Å². The van der Waals surface area contributed by atoms with Gasteiger partial charge in [-0.25, -0.2) is 12.8 Å². The van der Waals surface area contributed by atoms with Crippen LogP contribution in [0.1, 0.15) is 25.3 Å². The number of benzene rings is 1. The minimum atomic E-state index is -3.33. The van der Waals surface area contributed by atoms with Gasteiger partial charge in [-0.15, -0.1) is 0 Å². The molecular formula is C19H25FN4O3S. The molecule has 2 heterocycles. The van der Waals surface area contributed by atoms with E-state index in [1.165, 1.54) is 10.4 Å². The van der Waals surface area contributed by atoms with Gasteiger partial charge in [0.2, 0.25) is 15.9 Å². The molecule has 0 aromatic heterocycles. The number of anilines is 1. The first-order chi connectivity index (χ1) is 13.3. The maximum Gasteiger partial charge on any atom is 0.236 e. The van der Waals surface area contributed by atoms with Crippen LogP contribution in [0.2, 0.25) is 0 Å². The van der Waals surface area contributed by atoms with Crippen molar-refractivity contribution in [3.63, 3.8) is 0 Å². The lowest BCUT2D eigenvalue weighted by Crippen LogP contribution is -2.48. The highest BCUT2D eigenvalue weighted by molar-refractivity contribution is 7.89. The zero-order valence-corrected chi connectivity index (χ0v) is 16.8. The van der Waals surface area contributed by atoms with Gasteiger partial charge < -0.3 is 9.80 Å². The fraction of sp³-hybridized carbons (Fsp3) is 0.579. The highest BCUT2D eigenvalue weighted by Crippen LogP contribution is 2.25. The van der Waals surface area contributed by atoms with Crippen LogP contribution in [-0.4, -0.2) is 62.0 Å². The molecule has 2 fully saturated rings. The fourth-order valence-electron chi connectivity index (χ4n) is 3.64. The molecule has 9 heteroatoms. The Morgan fingerprint density at radius 2 is 2.00 bits per heavy atom. The number of hydrogen-bond acceptors (Lipinski definition) is 5. The molecule has 0 bridgehead atoms. The van der Waals surface area contributed by atoms with Gasteiger partial charge in [-0.2, -0.15) is 9.57 Å². The maximum atomic E-state index is 14.7. The third kappa shape index (κ3) is 4.62. The molecule has 0 radical (unpaired) electrons. The Balaban J connectivity index is 1.65. The lowest BCUT2D eigenvalue weighted by molar-refractivity contribution is -0.130. The van der Waals surface area contributed by atoms with Crippen LogP contribution in [0.25, 0.3) is 0 Å². The number of carbonyl (C=O) groups excluding carboxylic acids is 1. The zero-order chi connectivity index (χ0) is 20.3. The van der Waals surface area contributed by atoms with E-state index in [9.17, 15) is 17.6 Å². The second kappa shape index (κ2) is 8.45. The van der Waals surface area contributed by atoms with Gasteiger partial charge in [-0.3, -0.25) is 4.79 Å². The molecule has 28 heavy (non-hydrogen) atoms. The standard InChI is InChI=1S/C19H25FN4O3S/c1-15-5-11-28(26,27)24(13-15)14-16-2-3-17(12-18(16)20)22-7-9-23(10-8-22)19(25)4-6-21/h2-3,12,15H,4-5,7-11,13-14H2,1H3. The number of piperazine rings is 1. The van der Waals surface area contributed by atoms with Crippen molar-refractivity contribution in [3.05, 3.63) is 29.6 Å². The number of halogens is 1. The average Bonchev–Trinajstić information content (AvgIpc) is 2.67. The van der Waals surface area contributed by atoms with E-state index in [0.29, 0.717) is 50.4 Å². The van der Waals surface area contributed by atoms with Crippen molar-refractivity contribution in [2.24, 2.45) is 5.92 Å². The predicted octanol–water partition coefficient (Wildman–Crippen LogP) is 1.56. The summed E-state index contributed by atoms with van der Waals surface area (Å²) in [4.78, 5) is 15.4. The minimum absolute atomic E-state index is 0.0508. The minimum Gasteiger partial charge on any atom is -0.368 e. The Hall–Kier alpha value is -2.18. The predicted molar refractivity (Wildman–Crippen MR) is 103 cm³/mol. The van der Waals surface area contributed by atoms with Crippen molar-refractivity contribution in [1.82, 2.24) is 9.21 Å². The molecule has 0 saturated carbocycles. The van der Waals surface area contributed by atoms with Crippen molar-refractivity contribution in [2.45, 2.75) is 26.3 Å². The second-order valence-corrected chi connectivity index (χ2v) is 9.57. The van der Waals surface area contributed by atoms with E-state index in [0.717, 1.165) is 0 Å². The molecule has 0 N–H and O–H groups in total. The van der Waals surface area contributed by atoms with Gasteiger partial charge in [0.15, 0.2) is 0 Å². The summed E-state index contributed by atoms with van der Waals surface area (Å²) in [6.45, 7) is 4.59. The Morgan fingerprint density at radius 1 is 1.29 bits per heavy atom. The number of amides is 1. The van der Waals surface area contributed by atoms with Crippen LogP contribution in [-0.2, 0) is 21.4 Å². The number of carbonyl (C=O) groups is 1. The first kappa shape index (κ1) is 20.6. The fourth-order valence-corrected chi connectivity index (χ4v) is 5.42. The van der Waals surface area contributed by atoms with Crippen LogP contribution in [0.5, 0.6) is 0 Å². The number of sulfonamides is 1. The SMILES string of the molecule is CC1CCS(=O)(=O)N(Cc2ccc(N3CCN(C(=O)CC#N)CC3)cc2F)C1. The van der Waals surface area contributed by atoms with E-state index >= 15 is 0 Å². The summed E-state index contributed by atoms with van der Waals surface area (Å²) in [5, 5.41) is 8.63. The van der Waals surface area contributed by atoms with E-state index < -0.39 is 15.8 Å². The van der Waals surface area contributed by atoms with E-state index in [-0.39, 0.29) is 30.5 Å². The average molecular weight is 408 g/mol. The van der Waals surface area contributed by atoms with E-state index in [4.69, 9.17) is 5.26 Å². The first-order valence-corrected chi connectivity index (χ1v) is 11.1. The number of rotatable bonds is 4. The Morgan fingerprint density at radius 3 is 2.64 bits per heavy atom. The molecule has 2 aliphatic heterocycles. The molecular weight excluding hydrogens is 383 g/mol. The summed E-state index contributed by atoms with van der Waals surface area (Å²) in [6.07, 6.45) is 0.518. The molecule has 1 unspecified atom stereocenters. The third-order valence-corrected chi connectivity index (χ3v) is 7.21. The van der Waals surface area contributed by atoms with Crippen molar-refractivity contribution in [2.75, 3.05) is 43.4 Å². The van der Waals surface area contributed by atoms with Crippen molar-refractivity contribution >= 4 is 21.6 Å². The third-order valence-electron chi connectivity index (χ3n) is 5.39. The molecule has 1 atom stereocenters. The number of nitrogens with zero attached hydrogens (tertiary/aromatic N) is 4. The lowest BCUT2D eigenvalue weighted by atomic mass is 10.1.